The van der Waals surface area contributed by atoms with Crippen molar-refractivity contribution in [2.75, 3.05) is 6.54 Å². The minimum Gasteiger partial charge on any atom is -0.441 e. The molecule has 0 spiro atoms. The number of aromatic nitrogens is 1. The van der Waals surface area contributed by atoms with E-state index in [1.165, 1.54) is 16.0 Å². The predicted molar refractivity (Wildman–Crippen MR) is 104 cm³/mol. The van der Waals surface area contributed by atoms with Gasteiger partial charge >= 0.3 is 0 Å². The zero-order valence-electron chi connectivity index (χ0n) is 14.2. The number of hydrogen-bond donors (Lipinski definition) is 1. The Hall–Kier alpha value is -2.43. The van der Waals surface area contributed by atoms with Crippen molar-refractivity contribution in [2.45, 2.75) is 19.9 Å². The molecule has 126 valence electrons. The lowest BCUT2D eigenvalue weighted by molar-refractivity contribution is 0.514. The van der Waals surface area contributed by atoms with Crippen molar-refractivity contribution in [3.05, 3.63) is 77.0 Å². The van der Waals surface area contributed by atoms with Gasteiger partial charge in [0, 0.05) is 24.4 Å². The van der Waals surface area contributed by atoms with Crippen LogP contribution in [0.2, 0.25) is 0 Å². The topological polar surface area (TPSA) is 38.1 Å². The number of oxazole rings is 1. The van der Waals surface area contributed by atoms with Crippen LogP contribution in [0.4, 0.5) is 0 Å². The van der Waals surface area contributed by atoms with Crippen molar-refractivity contribution in [1.29, 1.82) is 0 Å². The number of para-hydroxylation sites is 1. The van der Waals surface area contributed by atoms with Crippen molar-refractivity contribution in [3.63, 3.8) is 0 Å². The molecule has 0 saturated carbocycles. The van der Waals surface area contributed by atoms with E-state index in [2.05, 4.69) is 59.0 Å². The zero-order chi connectivity index (χ0) is 17.1. The first-order valence-electron chi connectivity index (χ1n) is 8.48. The first-order valence-corrected chi connectivity index (χ1v) is 9.36. The molecule has 0 amide bonds. The third-order valence-electron chi connectivity index (χ3n) is 4.22. The molecule has 4 heteroatoms. The zero-order valence-corrected chi connectivity index (χ0v) is 15.0. The summed E-state index contributed by atoms with van der Waals surface area (Å²) in [4.78, 5) is 5.91. The molecule has 3 nitrogen and oxygen atoms in total. The van der Waals surface area contributed by atoms with E-state index >= 15 is 0 Å². The van der Waals surface area contributed by atoms with Gasteiger partial charge in [0.1, 0.15) is 5.52 Å². The molecule has 1 N–H and O–H groups in total. The average Bonchev–Trinajstić information content (AvgIpc) is 3.27. The van der Waals surface area contributed by atoms with E-state index in [9.17, 15) is 0 Å². The third-order valence-corrected chi connectivity index (χ3v) is 5.25. The highest BCUT2D eigenvalue weighted by Gasteiger charge is 2.07. The van der Waals surface area contributed by atoms with Crippen LogP contribution < -0.4 is 5.32 Å². The molecule has 0 radical (unpaired) electrons. The maximum Gasteiger partial charge on any atom is 0.196 e. The fraction of sp³-hybridized carbons (Fsp3) is 0.190. The minimum absolute atomic E-state index is 0.795. The largest absolute Gasteiger partial charge is 0.441 e. The summed E-state index contributed by atoms with van der Waals surface area (Å²) in [5, 5.41) is 5.70. The Labute approximate surface area is 151 Å². The number of thiophene rings is 1. The van der Waals surface area contributed by atoms with E-state index in [4.69, 9.17) is 4.42 Å². The van der Waals surface area contributed by atoms with Crippen LogP contribution in [0.3, 0.4) is 0 Å². The fourth-order valence-corrected chi connectivity index (χ4v) is 3.81. The molecule has 4 rings (SSSR count). The normalized spacial score (nSPS) is 11.2. The summed E-state index contributed by atoms with van der Waals surface area (Å²) < 4.78 is 5.81. The van der Waals surface area contributed by atoms with Crippen molar-refractivity contribution < 1.29 is 4.42 Å². The number of benzene rings is 2. The summed E-state index contributed by atoms with van der Waals surface area (Å²) in [6.45, 7) is 3.78. The molecule has 0 bridgehead atoms. The molecular formula is C21H20N2OS. The first-order chi connectivity index (χ1) is 12.3. The van der Waals surface area contributed by atoms with Crippen LogP contribution >= 0.6 is 11.3 Å². The van der Waals surface area contributed by atoms with E-state index < -0.39 is 0 Å². The van der Waals surface area contributed by atoms with E-state index in [1.54, 1.807) is 11.3 Å². The smallest absolute Gasteiger partial charge is 0.196 e. The van der Waals surface area contributed by atoms with Crippen LogP contribution in [0.25, 0.3) is 21.5 Å². The molecule has 2 heterocycles. The molecule has 0 unspecified atom stereocenters. The van der Waals surface area contributed by atoms with Crippen LogP contribution in [0, 0.1) is 6.92 Å². The molecular weight excluding hydrogens is 328 g/mol. The van der Waals surface area contributed by atoms with E-state index in [1.807, 2.05) is 18.2 Å². The molecule has 25 heavy (non-hydrogen) atoms. The van der Waals surface area contributed by atoms with Gasteiger partial charge in [-0.05, 0) is 41.1 Å². The highest BCUT2D eigenvalue weighted by atomic mass is 32.1. The molecule has 0 saturated heterocycles. The highest BCUT2D eigenvalue weighted by Crippen LogP contribution is 2.26. The lowest BCUT2D eigenvalue weighted by Crippen LogP contribution is -2.16. The van der Waals surface area contributed by atoms with Gasteiger partial charge in [-0.15, -0.1) is 11.3 Å². The molecule has 0 aliphatic rings. The highest BCUT2D eigenvalue weighted by molar-refractivity contribution is 7.13. The lowest BCUT2D eigenvalue weighted by Gasteiger charge is -2.00. The van der Waals surface area contributed by atoms with Gasteiger partial charge in [0.05, 0.1) is 0 Å². The second kappa shape index (κ2) is 7.21. The van der Waals surface area contributed by atoms with Crippen LogP contribution in [0.1, 0.15) is 17.0 Å². The maximum atomic E-state index is 5.81. The minimum atomic E-state index is 0.795. The Morgan fingerprint density at radius 2 is 1.96 bits per heavy atom. The van der Waals surface area contributed by atoms with E-state index in [-0.39, 0.29) is 0 Å². The monoisotopic (exact) mass is 348 g/mol. The van der Waals surface area contributed by atoms with E-state index in [0.717, 1.165) is 42.1 Å². The van der Waals surface area contributed by atoms with Gasteiger partial charge in [0.25, 0.3) is 0 Å². The van der Waals surface area contributed by atoms with Crippen molar-refractivity contribution >= 4 is 22.4 Å². The van der Waals surface area contributed by atoms with Crippen LogP contribution in [-0.4, -0.2) is 11.5 Å². The van der Waals surface area contributed by atoms with Crippen molar-refractivity contribution in [1.82, 2.24) is 10.3 Å². The van der Waals surface area contributed by atoms with E-state index in [0.29, 0.717) is 0 Å². The molecule has 0 atom stereocenters. The average molecular weight is 348 g/mol. The Balaban J connectivity index is 1.32. The molecule has 0 fully saturated rings. The summed E-state index contributed by atoms with van der Waals surface area (Å²) in [6, 6.07) is 18.8. The maximum absolute atomic E-state index is 5.81. The van der Waals surface area contributed by atoms with Gasteiger partial charge in [-0.2, -0.15) is 0 Å². The Morgan fingerprint density at radius 1 is 1.08 bits per heavy atom. The molecule has 2 aromatic heterocycles. The summed E-state index contributed by atoms with van der Waals surface area (Å²) in [6.07, 6.45) is 0.795. The summed E-state index contributed by atoms with van der Waals surface area (Å²) in [7, 11) is 0. The number of nitrogens with zero attached hydrogens (tertiary/aromatic N) is 1. The van der Waals surface area contributed by atoms with Gasteiger partial charge < -0.3 is 9.73 Å². The van der Waals surface area contributed by atoms with Crippen LogP contribution in [0.15, 0.2) is 64.4 Å². The van der Waals surface area contributed by atoms with Crippen molar-refractivity contribution in [3.8, 4) is 10.4 Å². The summed E-state index contributed by atoms with van der Waals surface area (Å²) in [5.74, 6) is 0.798. The Morgan fingerprint density at radius 3 is 2.80 bits per heavy atom. The second-order valence-corrected chi connectivity index (χ2v) is 7.05. The third kappa shape index (κ3) is 3.65. The van der Waals surface area contributed by atoms with Gasteiger partial charge in [-0.25, -0.2) is 4.98 Å². The molecule has 0 aliphatic heterocycles. The summed E-state index contributed by atoms with van der Waals surface area (Å²) in [5.41, 5.74) is 5.60. The van der Waals surface area contributed by atoms with Gasteiger partial charge in [-0.3, -0.25) is 0 Å². The standard InChI is InChI=1S/C21H20N2OS/c1-15-6-5-9-18-21(15)23-20(24-18)10-11-22-13-16-12-19(25-14-16)17-7-3-2-4-8-17/h2-9,12,14,22H,10-11,13H2,1H3. The predicted octanol–water partition coefficient (Wildman–Crippen LogP) is 5.20. The van der Waals surface area contributed by atoms with Gasteiger partial charge in [0.2, 0.25) is 0 Å². The number of hydrogen-bond acceptors (Lipinski definition) is 4. The first kappa shape index (κ1) is 16.1. The fourth-order valence-electron chi connectivity index (χ4n) is 2.89. The Bertz CT molecular complexity index is 972. The number of rotatable bonds is 6. The quantitative estimate of drug-likeness (QED) is 0.487. The SMILES string of the molecule is Cc1cccc2oc(CCNCc3csc(-c4ccccc4)c3)nc12. The lowest BCUT2D eigenvalue weighted by atomic mass is 10.2. The number of nitrogens with one attached hydrogen (secondary N) is 1. The van der Waals surface area contributed by atoms with Gasteiger partial charge in [0.15, 0.2) is 11.5 Å². The molecule has 0 aliphatic carbocycles. The molecule has 4 aromatic rings. The van der Waals surface area contributed by atoms with Crippen molar-refractivity contribution in [2.24, 2.45) is 0 Å². The number of fused-ring (bicyclic) bond motifs is 1. The summed E-state index contributed by atoms with van der Waals surface area (Å²) >= 11 is 1.79. The Kier molecular flexibility index (Phi) is 4.63. The molecule has 2 aromatic carbocycles. The van der Waals surface area contributed by atoms with Crippen LogP contribution in [-0.2, 0) is 13.0 Å². The number of aryl methyl sites for hydroxylation is 1. The van der Waals surface area contributed by atoms with Crippen LogP contribution in [0.5, 0.6) is 0 Å². The van der Waals surface area contributed by atoms with Gasteiger partial charge in [-0.1, -0.05) is 42.5 Å². The second-order valence-electron chi connectivity index (χ2n) is 6.14.